The number of rotatable bonds is 4. The minimum absolute atomic E-state index is 0.117. The Morgan fingerprint density at radius 3 is 2.73 bits per heavy atom. The lowest BCUT2D eigenvalue weighted by atomic mass is 10.2. The third kappa shape index (κ3) is 4.61. The number of hydrazone groups is 1. The van der Waals surface area contributed by atoms with E-state index in [1.807, 2.05) is 0 Å². The van der Waals surface area contributed by atoms with Gasteiger partial charge in [0.2, 0.25) is 0 Å². The molecule has 2 aromatic rings. The zero-order valence-electron chi connectivity index (χ0n) is 11.2. The van der Waals surface area contributed by atoms with E-state index in [0.29, 0.717) is 21.4 Å². The highest BCUT2D eigenvalue weighted by molar-refractivity contribution is 6.36. The van der Waals surface area contributed by atoms with Gasteiger partial charge in [0, 0.05) is 10.6 Å². The number of nitrogens with zero attached hydrogens (tertiary/aromatic N) is 1. The zero-order chi connectivity index (χ0) is 15.9. The van der Waals surface area contributed by atoms with Gasteiger partial charge in [-0.05, 0) is 24.3 Å². The fourth-order valence-electron chi connectivity index (χ4n) is 1.48. The van der Waals surface area contributed by atoms with Crippen molar-refractivity contribution in [2.24, 2.45) is 5.10 Å². The van der Waals surface area contributed by atoms with Crippen LogP contribution >= 0.6 is 23.2 Å². The Morgan fingerprint density at radius 1 is 1.23 bits per heavy atom. The molecule has 0 radical (unpaired) electrons. The van der Waals surface area contributed by atoms with Crippen LogP contribution in [0, 0.1) is 0 Å². The molecule has 1 heterocycles. The molecule has 0 saturated carbocycles. The van der Waals surface area contributed by atoms with Crippen molar-refractivity contribution in [2.75, 3.05) is 0 Å². The number of nitrogens with one attached hydrogen (secondary N) is 2. The summed E-state index contributed by atoms with van der Waals surface area (Å²) in [6, 6.07) is 8.17. The van der Waals surface area contributed by atoms with Crippen LogP contribution in [0.3, 0.4) is 0 Å². The van der Waals surface area contributed by atoms with E-state index in [4.69, 9.17) is 27.6 Å². The summed E-state index contributed by atoms with van der Waals surface area (Å²) in [5, 5.41) is 6.92. The largest absolute Gasteiger partial charge is 0.467 e. The van der Waals surface area contributed by atoms with E-state index in [-0.39, 0.29) is 6.54 Å². The summed E-state index contributed by atoms with van der Waals surface area (Å²) in [6.07, 6.45) is 2.79. The first-order chi connectivity index (χ1) is 10.6. The lowest BCUT2D eigenvalue weighted by molar-refractivity contribution is -0.139. The Labute approximate surface area is 136 Å². The maximum absolute atomic E-state index is 11.5. The Hall–Kier alpha value is -2.31. The minimum Gasteiger partial charge on any atom is -0.467 e. The van der Waals surface area contributed by atoms with Gasteiger partial charge in [0.1, 0.15) is 5.76 Å². The normalized spacial score (nSPS) is 10.6. The second-order valence-corrected chi connectivity index (χ2v) is 4.97. The van der Waals surface area contributed by atoms with Crippen molar-refractivity contribution in [2.45, 2.75) is 6.54 Å². The summed E-state index contributed by atoms with van der Waals surface area (Å²) in [7, 11) is 0. The Balaban J connectivity index is 1.83. The molecule has 2 amide bonds. The molecule has 0 aliphatic heterocycles. The van der Waals surface area contributed by atoms with Crippen LogP contribution in [-0.4, -0.2) is 18.0 Å². The van der Waals surface area contributed by atoms with Crippen LogP contribution in [0.2, 0.25) is 10.0 Å². The molecule has 0 spiro atoms. The van der Waals surface area contributed by atoms with Gasteiger partial charge in [-0.3, -0.25) is 9.59 Å². The van der Waals surface area contributed by atoms with Gasteiger partial charge in [-0.2, -0.15) is 5.10 Å². The molecule has 6 nitrogen and oxygen atoms in total. The highest BCUT2D eigenvalue weighted by Gasteiger charge is 2.12. The number of furan rings is 1. The molecule has 114 valence electrons. The van der Waals surface area contributed by atoms with Gasteiger partial charge in [0.05, 0.1) is 24.0 Å². The highest BCUT2D eigenvalue weighted by atomic mass is 35.5. The van der Waals surface area contributed by atoms with E-state index in [1.54, 1.807) is 30.3 Å². The van der Waals surface area contributed by atoms with Crippen LogP contribution in [-0.2, 0) is 16.1 Å². The van der Waals surface area contributed by atoms with Crippen LogP contribution in [0.1, 0.15) is 11.3 Å². The molecule has 22 heavy (non-hydrogen) atoms. The van der Waals surface area contributed by atoms with Crippen molar-refractivity contribution in [3.8, 4) is 0 Å². The van der Waals surface area contributed by atoms with Crippen molar-refractivity contribution < 1.29 is 14.0 Å². The molecule has 0 unspecified atom stereocenters. The van der Waals surface area contributed by atoms with Crippen molar-refractivity contribution in [1.82, 2.24) is 10.7 Å². The molecule has 2 rings (SSSR count). The SMILES string of the molecule is O=C(NCc1ccco1)C(=O)N/N=C/c1ccc(Cl)cc1Cl. The van der Waals surface area contributed by atoms with Gasteiger partial charge >= 0.3 is 11.8 Å². The summed E-state index contributed by atoms with van der Waals surface area (Å²) < 4.78 is 5.02. The van der Waals surface area contributed by atoms with Crippen molar-refractivity contribution >= 4 is 41.2 Å². The van der Waals surface area contributed by atoms with E-state index in [9.17, 15) is 9.59 Å². The number of hydrogen-bond acceptors (Lipinski definition) is 4. The van der Waals surface area contributed by atoms with E-state index in [0.717, 1.165) is 0 Å². The van der Waals surface area contributed by atoms with Gasteiger partial charge < -0.3 is 9.73 Å². The maximum Gasteiger partial charge on any atom is 0.329 e. The van der Waals surface area contributed by atoms with Gasteiger partial charge in [0.15, 0.2) is 0 Å². The van der Waals surface area contributed by atoms with Gasteiger partial charge in [-0.1, -0.05) is 29.3 Å². The first-order valence-corrected chi connectivity index (χ1v) is 6.90. The monoisotopic (exact) mass is 339 g/mol. The van der Waals surface area contributed by atoms with E-state index in [2.05, 4.69) is 15.8 Å². The van der Waals surface area contributed by atoms with E-state index in [1.165, 1.54) is 12.5 Å². The van der Waals surface area contributed by atoms with Crippen LogP contribution in [0.5, 0.6) is 0 Å². The van der Waals surface area contributed by atoms with Crippen molar-refractivity contribution in [1.29, 1.82) is 0 Å². The summed E-state index contributed by atoms with van der Waals surface area (Å²) in [5.74, 6) is -1.18. The standard InChI is InChI=1S/C14H11Cl2N3O3/c15-10-4-3-9(12(16)6-10)7-18-19-14(21)13(20)17-8-11-2-1-5-22-11/h1-7H,8H2,(H,17,20)(H,19,21)/b18-7+. The smallest absolute Gasteiger partial charge is 0.329 e. The topological polar surface area (TPSA) is 83.7 Å². The van der Waals surface area contributed by atoms with Crippen LogP contribution in [0.15, 0.2) is 46.1 Å². The predicted octanol–water partition coefficient (Wildman–Crippen LogP) is 2.35. The van der Waals surface area contributed by atoms with Gasteiger partial charge in [-0.15, -0.1) is 0 Å². The number of halogens is 2. The number of carbonyl (C=O) groups excluding carboxylic acids is 2. The Bertz CT molecular complexity index is 699. The molecule has 0 saturated heterocycles. The Morgan fingerprint density at radius 2 is 2.05 bits per heavy atom. The summed E-state index contributed by atoms with van der Waals surface area (Å²) >= 11 is 11.7. The van der Waals surface area contributed by atoms with Crippen LogP contribution in [0.4, 0.5) is 0 Å². The number of amides is 2. The van der Waals surface area contributed by atoms with Gasteiger partial charge in [0.25, 0.3) is 0 Å². The fraction of sp³-hybridized carbons (Fsp3) is 0.0714. The first-order valence-electron chi connectivity index (χ1n) is 6.15. The highest BCUT2D eigenvalue weighted by Crippen LogP contribution is 2.19. The molecule has 2 N–H and O–H groups in total. The second kappa shape index (κ2) is 7.63. The molecule has 0 atom stereocenters. The average molecular weight is 340 g/mol. The third-order valence-corrected chi connectivity index (χ3v) is 3.10. The lowest BCUT2D eigenvalue weighted by Crippen LogP contribution is -2.37. The Kier molecular flexibility index (Phi) is 5.57. The van der Waals surface area contributed by atoms with Crippen LogP contribution < -0.4 is 10.7 Å². The third-order valence-electron chi connectivity index (χ3n) is 2.54. The molecule has 0 aliphatic carbocycles. The summed E-state index contributed by atoms with van der Waals surface area (Å²) in [4.78, 5) is 23.0. The first kappa shape index (κ1) is 16.1. The molecular weight excluding hydrogens is 329 g/mol. The number of hydrogen-bond donors (Lipinski definition) is 2. The quantitative estimate of drug-likeness (QED) is 0.509. The molecule has 1 aromatic heterocycles. The predicted molar refractivity (Wildman–Crippen MR) is 82.8 cm³/mol. The second-order valence-electron chi connectivity index (χ2n) is 4.13. The molecule has 1 aromatic carbocycles. The van der Waals surface area contributed by atoms with E-state index < -0.39 is 11.8 Å². The lowest BCUT2D eigenvalue weighted by Gasteiger charge is -2.02. The molecule has 8 heteroatoms. The average Bonchev–Trinajstić information content (AvgIpc) is 3.00. The van der Waals surface area contributed by atoms with Gasteiger partial charge in [-0.25, -0.2) is 5.43 Å². The molecule has 0 fully saturated rings. The molecule has 0 bridgehead atoms. The number of carbonyl (C=O) groups is 2. The van der Waals surface area contributed by atoms with E-state index >= 15 is 0 Å². The minimum atomic E-state index is -0.895. The molecular formula is C14H11Cl2N3O3. The maximum atomic E-state index is 11.5. The van der Waals surface area contributed by atoms with Crippen molar-refractivity contribution in [3.05, 3.63) is 58.0 Å². The van der Waals surface area contributed by atoms with Crippen LogP contribution in [0.25, 0.3) is 0 Å². The number of benzene rings is 1. The fourth-order valence-corrected chi connectivity index (χ4v) is 1.94. The van der Waals surface area contributed by atoms with Crippen molar-refractivity contribution in [3.63, 3.8) is 0 Å². The summed E-state index contributed by atoms with van der Waals surface area (Å²) in [5.41, 5.74) is 2.66. The molecule has 0 aliphatic rings. The zero-order valence-corrected chi connectivity index (χ0v) is 12.7. The summed E-state index contributed by atoms with van der Waals surface area (Å²) in [6.45, 7) is 0.117.